The lowest BCUT2D eigenvalue weighted by Crippen LogP contribution is -2.33. The van der Waals surface area contributed by atoms with Crippen molar-refractivity contribution in [2.45, 2.75) is 71.5 Å². The molecule has 1 aliphatic carbocycles. The fourth-order valence-corrected chi connectivity index (χ4v) is 2.25. The predicted octanol–water partition coefficient (Wildman–Crippen LogP) is 3.23. The molecule has 0 aromatic rings. The van der Waals surface area contributed by atoms with Gasteiger partial charge in [0.2, 0.25) is 0 Å². The van der Waals surface area contributed by atoms with E-state index in [1.165, 1.54) is 0 Å². The molecule has 0 aromatic carbocycles. The Kier molecular flexibility index (Phi) is 4.78. The average Bonchev–Trinajstić information content (AvgIpc) is 2.20. The molecule has 3 heteroatoms. The molecule has 1 rings (SSSR count). The third-order valence-corrected chi connectivity index (χ3v) is 3.47. The van der Waals surface area contributed by atoms with Gasteiger partial charge in [0, 0.05) is 0 Å². The minimum atomic E-state index is -0.813. The third-order valence-electron chi connectivity index (χ3n) is 3.47. The molecule has 94 valence electrons. The van der Waals surface area contributed by atoms with E-state index in [0.717, 1.165) is 32.1 Å². The van der Waals surface area contributed by atoms with E-state index >= 15 is 0 Å². The molecule has 0 aromatic heterocycles. The number of hydrogen-bond acceptors (Lipinski definition) is 2. The Hall–Kier alpha value is -0.570. The normalized spacial score (nSPS) is 22.9. The van der Waals surface area contributed by atoms with Gasteiger partial charge in [-0.1, -0.05) is 27.2 Å². The highest BCUT2D eigenvalue weighted by Gasteiger charge is 2.30. The van der Waals surface area contributed by atoms with Crippen LogP contribution in [0.1, 0.15) is 59.3 Å². The van der Waals surface area contributed by atoms with Crippen LogP contribution in [0.5, 0.6) is 0 Å². The van der Waals surface area contributed by atoms with E-state index in [2.05, 4.69) is 13.8 Å². The van der Waals surface area contributed by atoms with E-state index in [1.54, 1.807) is 0 Å². The van der Waals surface area contributed by atoms with E-state index in [9.17, 15) is 4.79 Å². The van der Waals surface area contributed by atoms with Crippen LogP contribution in [0, 0.1) is 5.41 Å². The summed E-state index contributed by atoms with van der Waals surface area (Å²) in [5.41, 5.74) is 0.406. The minimum absolute atomic E-state index is 0.153. The molecule has 1 N–H and O–H groups in total. The average molecular weight is 228 g/mol. The number of hydrogen-bond donors (Lipinski definition) is 1. The summed E-state index contributed by atoms with van der Waals surface area (Å²) in [6.07, 6.45) is 5.30. The summed E-state index contributed by atoms with van der Waals surface area (Å²) in [5.74, 6) is -0.813. The number of carbonyl (C=O) groups is 1. The van der Waals surface area contributed by atoms with E-state index < -0.39 is 12.1 Å². The zero-order chi connectivity index (χ0) is 12.2. The van der Waals surface area contributed by atoms with Crippen molar-refractivity contribution in [1.82, 2.24) is 0 Å². The van der Waals surface area contributed by atoms with Crippen molar-refractivity contribution in [3.63, 3.8) is 0 Å². The van der Waals surface area contributed by atoms with Gasteiger partial charge in [-0.15, -0.1) is 0 Å². The summed E-state index contributed by atoms with van der Waals surface area (Å²) in [6.45, 7) is 6.52. The molecule has 0 radical (unpaired) electrons. The molecule has 0 bridgehead atoms. The van der Waals surface area contributed by atoms with Crippen LogP contribution in [0.2, 0.25) is 0 Å². The van der Waals surface area contributed by atoms with Crippen LogP contribution in [0.4, 0.5) is 0 Å². The van der Waals surface area contributed by atoms with Gasteiger partial charge in [-0.05, 0) is 37.5 Å². The fourth-order valence-electron chi connectivity index (χ4n) is 2.25. The maximum Gasteiger partial charge on any atom is 0.332 e. The van der Waals surface area contributed by atoms with Gasteiger partial charge in [-0.25, -0.2) is 4.79 Å². The Morgan fingerprint density at radius 3 is 2.44 bits per heavy atom. The Balaban J connectivity index is 2.39. The van der Waals surface area contributed by atoms with Crippen molar-refractivity contribution in [3.05, 3.63) is 0 Å². The first-order valence-electron chi connectivity index (χ1n) is 6.33. The Labute approximate surface area is 98.2 Å². The molecule has 16 heavy (non-hydrogen) atoms. The first-order valence-corrected chi connectivity index (χ1v) is 6.33. The highest BCUT2D eigenvalue weighted by atomic mass is 16.5. The van der Waals surface area contributed by atoms with Crippen molar-refractivity contribution in [1.29, 1.82) is 0 Å². The van der Waals surface area contributed by atoms with Gasteiger partial charge in [0.15, 0.2) is 6.10 Å². The second kappa shape index (κ2) is 5.67. The molecule has 1 unspecified atom stereocenters. The summed E-state index contributed by atoms with van der Waals surface area (Å²) in [7, 11) is 0. The lowest BCUT2D eigenvalue weighted by atomic mass is 9.76. The topological polar surface area (TPSA) is 46.5 Å². The van der Waals surface area contributed by atoms with Gasteiger partial charge in [0.25, 0.3) is 0 Å². The van der Waals surface area contributed by atoms with Gasteiger partial charge in [0.1, 0.15) is 0 Å². The number of aliphatic carboxylic acids is 1. The lowest BCUT2D eigenvalue weighted by Gasteiger charge is -2.35. The van der Waals surface area contributed by atoms with Crippen LogP contribution in [0.25, 0.3) is 0 Å². The van der Waals surface area contributed by atoms with Gasteiger partial charge in [-0.3, -0.25) is 0 Å². The maximum absolute atomic E-state index is 11.0. The molecule has 0 spiro atoms. The number of rotatable bonds is 5. The molecule has 0 saturated heterocycles. The SMILES string of the molecule is CCCC(OC1CCC(C)(C)CC1)C(=O)O. The third kappa shape index (κ3) is 4.12. The molecular formula is C13H24O3. The molecule has 0 aliphatic heterocycles. The summed E-state index contributed by atoms with van der Waals surface area (Å²) < 4.78 is 5.69. The maximum atomic E-state index is 11.0. The fraction of sp³-hybridized carbons (Fsp3) is 0.923. The van der Waals surface area contributed by atoms with Crippen molar-refractivity contribution in [2.24, 2.45) is 5.41 Å². The van der Waals surface area contributed by atoms with Crippen molar-refractivity contribution in [2.75, 3.05) is 0 Å². The zero-order valence-corrected chi connectivity index (χ0v) is 10.7. The van der Waals surface area contributed by atoms with Crippen LogP contribution in [0.15, 0.2) is 0 Å². The highest BCUT2D eigenvalue weighted by molar-refractivity contribution is 5.72. The van der Waals surface area contributed by atoms with Crippen molar-refractivity contribution in [3.8, 4) is 0 Å². The number of ether oxygens (including phenoxy) is 1. The molecule has 3 nitrogen and oxygen atoms in total. The summed E-state index contributed by atoms with van der Waals surface area (Å²) in [5, 5.41) is 9.01. The zero-order valence-electron chi connectivity index (χ0n) is 10.7. The summed E-state index contributed by atoms with van der Waals surface area (Å²) >= 11 is 0. The molecular weight excluding hydrogens is 204 g/mol. The van der Waals surface area contributed by atoms with E-state index in [1.807, 2.05) is 6.92 Å². The van der Waals surface area contributed by atoms with Gasteiger partial charge in [-0.2, -0.15) is 0 Å². The van der Waals surface area contributed by atoms with Crippen LogP contribution >= 0.6 is 0 Å². The first-order chi connectivity index (χ1) is 7.44. The van der Waals surface area contributed by atoms with Gasteiger partial charge in [0.05, 0.1) is 6.10 Å². The second-order valence-corrected chi connectivity index (χ2v) is 5.62. The largest absolute Gasteiger partial charge is 0.479 e. The van der Waals surface area contributed by atoms with Gasteiger partial charge < -0.3 is 9.84 Å². The smallest absolute Gasteiger partial charge is 0.332 e. The van der Waals surface area contributed by atoms with Crippen LogP contribution < -0.4 is 0 Å². The Bertz CT molecular complexity index is 225. The van der Waals surface area contributed by atoms with Gasteiger partial charge >= 0.3 is 5.97 Å². The molecule has 1 atom stereocenters. The standard InChI is InChI=1S/C13H24O3/c1-4-5-11(12(14)15)16-10-6-8-13(2,3)9-7-10/h10-11H,4-9H2,1-3H3,(H,14,15). The van der Waals surface area contributed by atoms with Crippen molar-refractivity contribution >= 4 is 5.97 Å². The van der Waals surface area contributed by atoms with Crippen LogP contribution in [-0.4, -0.2) is 23.3 Å². The van der Waals surface area contributed by atoms with E-state index in [-0.39, 0.29) is 6.10 Å². The number of carboxylic acids is 1. The van der Waals surface area contributed by atoms with Crippen LogP contribution in [0.3, 0.4) is 0 Å². The molecule has 1 aliphatic rings. The Morgan fingerprint density at radius 2 is 2.00 bits per heavy atom. The first kappa shape index (κ1) is 13.5. The summed E-state index contributed by atoms with van der Waals surface area (Å²) in [6, 6.07) is 0. The highest BCUT2D eigenvalue weighted by Crippen LogP contribution is 2.36. The van der Waals surface area contributed by atoms with E-state index in [0.29, 0.717) is 11.8 Å². The predicted molar refractivity (Wildman–Crippen MR) is 63.5 cm³/mol. The quantitative estimate of drug-likeness (QED) is 0.785. The van der Waals surface area contributed by atoms with E-state index in [4.69, 9.17) is 9.84 Å². The van der Waals surface area contributed by atoms with Crippen molar-refractivity contribution < 1.29 is 14.6 Å². The second-order valence-electron chi connectivity index (χ2n) is 5.62. The molecule has 0 heterocycles. The Morgan fingerprint density at radius 1 is 1.44 bits per heavy atom. The van der Waals surface area contributed by atoms with Crippen LogP contribution in [-0.2, 0) is 9.53 Å². The molecule has 1 saturated carbocycles. The molecule has 0 amide bonds. The minimum Gasteiger partial charge on any atom is -0.479 e. The number of carboxylic acid groups (broad SMARTS) is 1. The summed E-state index contributed by atoms with van der Waals surface area (Å²) in [4.78, 5) is 11.0. The lowest BCUT2D eigenvalue weighted by molar-refractivity contribution is -0.157. The monoisotopic (exact) mass is 228 g/mol. The molecule has 1 fully saturated rings.